The molecular weight excluding hydrogens is 482 g/mol. The van der Waals surface area contributed by atoms with Gasteiger partial charge in [-0.05, 0) is 74.4 Å². The normalized spacial score (nSPS) is 14.6. The molecule has 0 saturated carbocycles. The SMILES string of the molecule is CCCCOc1ccc(C2c3c(oc4ccc(C)cc4c3=O)C(=O)N2c2ccc(OCC)cc2)cc1OC. The summed E-state index contributed by atoms with van der Waals surface area (Å²) in [6, 6.07) is 17.5. The Balaban J connectivity index is 1.69. The second-order valence-electron chi connectivity index (χ2n) is 9.29. The second-order valence-corrected chi connectivity index (χ2v) is 9.29. The summed E-state index contributed by atoms with van der Waals surface area (Å²) in [6.07, 6.45) is 1.94. The van der Waals surface area contributed by atoms with Crippen LogP contribution < -0.4 is 24.5 Å². The molecule has 0 saturated heterocycles. The van der Waals surface area contributed by atoms with E-state index in [1.807, 2.05) is 62.4 Å². The van der Waals surface area contributed by atoms with E-state index >= 15 is 0 Å². The van der Waals surface area contributed by atoms with Gasteiger partial charge in [-0.2, -0.15) is 0 Å². The number of unbranched alkanes of at least 4 members (excludes halogenated alkanes) is 1. The van der Waals surface area contributed by atoms with Gasteiger partial charge in [-0.3, -0.25) is 14.5 Å². The largest absolute Gasteiger partial charge is 0.494 e. The zero-order valence-electron chi connectivity index (χ0n) is 22.1. The summed E-state index contributed by atoms with van der Waals surface area (Å²) in [4.78, 5) is 29.4. The number of anilines is 1. The topological polar surface area (TPSA) is 78.2 Å². The zero-order valence-corrected chi connectivity index (χ0v) is 22.1. The maximum absolute atomic E-state index is 13.9. The van der Waals surface area contributed by atoms with Gasteiger partial charge in [0.25, 0.3) is 5.91 Å². The van der Waals surface area contributed by atoms with Crippen molar-refractivity contribution in [2.24, 2.45) is 0 Å². The molecule has 196 valence electrons. The van der Waals surface area contributed by atoms with Gasteiger partial charge in [-0.25, -0.2) is 0 Å². The van der Waals surface area contributed by atoms with Crippen molar-refractivity contribution in [1.82, 2.24) is 0 Å². The van der Waals surface area contributed by atoms with Crippen LogP contribution in [0, 0.1) is 6.92 Å². The molecule has 0 N–H and O–H groups in total. The lowest BCUT2D eigenvalue weighted by Gasteiger charge is -2.26. The minimum Gasteiger partial charge on any atom is -0.494 e. The van der Waals surface area contributed by atoms with Crippen LogP contribution in [0.5, 0.6) is 17.2 Å². The first-order valence-corrected chi connectivity index (χ1v) is 12.9. The molecule has 5 rings (SSSR count). The summed E-state index contributed by atoms with van der Waals surface area (Å²) in [6.45, 7) is 7.04. The summed E-state index contributed by atoms with van der Waals surface area (Å²) in [5.74, 6) is 1.52. The van der Waals surface area contributed by atoms with Gasteiger partial charge >= 0.3 is 0 Å². The molecule has 2 heterocycles. The number of rotatable bonds is 9. The number of carbonyl (C=O) groups excluding carboxylic acids is 1. The van der Waals surface area contributed by atoms with Crippen molar-refractivity contribution in [2.45, 2.75) is 39.7 Å². The maximum atomic E-state index is 13.9. The second kappa shape index (κ2) is 10.6. The fourth-order valence-corrected chi connectivity index (χ4v) is 4.84. The van der Waals surface area contributed by atoms with E-state index in [9.17, 15) is 9.59 Å². The fraction of sp³-hybridized carbons (Fsp3) is 0.290. The van der Waals surface area contributed by atoms with Crippen LogP contribution in [0.4, 0.5) is 5.69 Å². The summed E-state index contributed by atoms with van der Waals surface area (Å²) in [7, 11) is 1.58. The Labute approximate surface area is 221 Å². The van der Waals surface area contributed by atoms with Crippen molar-refractivity contribution >= 4 is 22.6 Å². The van der Waals surface area contributed by atoms with Crippen molar-refractivity contribution in [2.75, 3.05) is 25.2 Å². The number of methoxy groups -OCH3 is 1. The van der Waals surface area contributed by atoms with Crippen molar-refractivity contribution in [3.8, 4) is 17.2 Å². The summed E-state index contributed by atoms with van der Waals surface area (Å²) < 4.78 is 23.2. The Bertz CT molecular complexity index is 1540. The van der Waals surface area contributed by atoms with Crippen molar-refractivity contribution in [3.63, 3.8) is 0 Å². The van der Waals surface area contributed by atoms with Gasteiger partial charge in [0.2, 0.25) is 5.76 Å². The molecule has 1 atom stereocenters. The number of hydrogen-bond donors (Lipinski definition) is 0. The molecule has 0 radical (unpaired) electrons. The molecule has 0 bridgehead atoms. The molecular formula is C31H31NO6. The Hall–Kier alpha value is -4.26. The molecule has 0 aliphatic carbocycles. The third-order valence-electron chi connectivity index (χ3n) is 6.71. The highest BCUT2D eigenvalue weighted by Gasteiger charge is 2.44. The smallest absolute Gasteiger partial charge is 0.295 e. The molecule has 0 spiro atoms. The number of ether oxygens (including phenoxy) is 3. The summed E-state index contributed by atoms with van der Waals surface area (Å²) in [5.41, 5.74) is 2.74. The van der Waals surface area contributed by atoms with Crippen LogP contribution in [-0.2, 0) is 0 Å². The Morgan fingerprint density at radius 1 is 0.921 bits per heavy atom. The fourth-order valence-electron chi connectivity index (χ4n) is 4.84. The molecule has 7 nitrogen and oxygen atoms in total. The van der Waals surface area contributed by atoms with Crippen LogP contribution in [0.3, 0.4) is 0 Å². The van der Waals surface area contributed by atoms with Crippen LogP contribution in [0.1, 0.15) is 60.0 Å². The molecule has 1 aliphatic heterocycles. The van der Waals surface area contributed by atoms with E-state index in [0.717, 1.165) is 18.4 Å². The molecule has 1 aromatic heterocycles. The number of amides is 1. The van der Waals surface area contributed by atoms with Gasteiger partial charge in [0.1, 0.15) is 11.3 Å². The van der Waals surface area contributed by atoms with Crippen LogP contribution in [0.25, 0.3) is 11.0 Å². The quantitative estimate of drug-likeness (QED) is 0.240. The average Bonchev–Trinajstić information content (AvgIpc) is 3.22. The molecule has 1 aliphatic rings. The van der Waals surface area contributed by atoms with E-state index in [1.165, 1.54) is 0 Å². The number of hydrogen-bond acceptors (Lipinski definition) is 6. The highest BCUT2D eigenvalue weighted by atomic mass is 16.5. The lowest BCUT2D eigenvalue weighted by molar-refractivity contribution is 0.0971. The van der Waals surface area contributed by atoms with E-state index < -0.39 is 6.04 Å². The minimum atomic E-state index is -0.713. The third kappa shape index (κ3) is 4.49. The zero-order chi connectivity index (χ0) is 26.8. The Kier molecular flexibility index (Phi) is 7.09. The van der Waals surface area contributed by atoms with Crippen molar-refractivity contribution < 1.29 is 23.4 Å². The highest BCUT2D eigenvalue weighted by molar-refractivity contribution is 6.10. The lowest BCUT2D eigenvalue weighted by Crippen LogP contribution is -2.29. The summed E-state index contributed by atoms with van der Waals surface area (Å²) in [5, 5.41) is 0.446. The van der Waals surface area contributed by atoms with Crippen LogP contribution >= 0.6 is 0 Å². The monoisotopic (exact) mass is 513 g/mol. The van der Waals surface area contributed by atoms with Gasteiger partial charge in [-0.15, -0.1) is 0 Å². The minimum absolute atomic E-state index is 0.0486. The first-order chi connectivity index (χ1) is 18.5. The molecule has 4 aromatic rings. The predicted octanol–water partition coefficient (Wildman–Crippen LogP) is 6.44. The average molecular weight is 514 g/mol. The number of carbonyl (C=O) groups is 1. The number of benzene rings is 3. The van der Waals surface area contributed by atoms with E-state index in [4.69, 9.17) is 18.6 Å². The van der Waals surface area contributed by atoms with E-state index in [2.05, 4.69) is 6.92 Å². The van der Waals surface area contributed by atoms with Gasteiger partial charge < -0.3 is 18.6 Å². The first kappa shape index (κ1) is 25.4. The number of aryl methyl sites for hydroxylation is 1. The lowest BCUT2D eigenvalue weighted by atomic mass is 9.97. The third-order valence-corrected chi connectivity index (χ3v) is 6.71. The van der Waals surface area contributed by atoms with Gasteiger partial charge in [0.05, 0.1) is 37.3 Å². The van der Waals surface area contributed by atoms with Crippen molar-refractivity contribution in [3.05, 3.63) is 93.3 Å². The predicted molar refractivity (Wildman–Crippen MR) is 147 cm³/mol. The van der Waals surface area contributed by atoms with Gasteiger partial charge in [-0.1, -0.05) is 31.0 Å². The Morgan fingerprint density at radius 3 is 2.42 bits per heavy atom. The van der Waals surface area contributed by atoms with E-state index in [1.54, 1.807) is 24.1 Å². The highest BCUT2D eigenvalue weighted by Crippen LogP contribution is 2.43. The molecule has 1 amide bonds. The van der Waals surface area contributed by atoms with Crippen molar-refractivity contribution in [1.29, 1.82) is 0 Å². The van der Waals surface area contributed by atoms with Crippen LogP contribution in [0.15, 0.2) is 69.9 Å². The molecule has 3 aromatic carbocycles. The van der Waals surface area contributed by atoms with E-state index in [0.29, 0.717) is 58.2 Å². The molecule has 1 unspecified atom stereocenters. The molecule has 7 heteroatoms. The molecule has 0 fully saturated rings. The molecule has 38 heavy (non-hydrogen) atoms. The van der Waals surface area contributed by atoms with Gasteiger partial charge in [0, 0.05) is 5.69 Å². The Morgan fingerprint density at radius 2 is 1.71 bits per heavy atom. The standard InChI is InChI=1S/C31H31NO6/c1-5-7-16-37-25-15-9-20(18-26(25)35-4)28-27-29(33)23-17-19(3)8-14-24(23)38-30(27)31(34)32(28)21-10-12-22(13-11-21)36-6-2/h8-15,17-18,28H,5-7,16H2,1-4H3. The van der Waals surface area contributed by atoms with Gasteiger partial charge in [0.15, 0.2) is 16.9 Å². The summed E-state index contributed by atoms with van der Waals surface area (Å²) >= 11 is 0. The first-order valence-electron chi connectivity index (χ1n) is 12.9. The van der Waals surface area contributed by atoms with Crippen LogP contribution in [0.2, 0.25) is 0 Å². The number of nitrogens with zero attached hydrogens (tertiary/aromatic N) is 1. The van der Waals surface area contributed by atoms with Crippen LogP contribution in [-0.4, -0.2) is 26.2 Å². The number of fused-ring (bicyclic) bond motifs is 2. The van der Waals surface area contributed by atoms with E-state index in [-0.39, 0.29) is 17.1 Å². The maximum Gasteiger partial charge on any atom is 0.295 e.